The van der Waals surface area contributed by atoms with Crippen LogP contribution in [0.3, 0.4) is 0 Å². The van der Waals surface area contributed by atoms with Crippen molar-refractivity contribution in [1.29, 1.82) is 0 Å². The van der Waals surface area contributed by atoms with Crippen molar-refractivity contribution in [2.75, 3.05) is 6.54 Å². The van der Waals surface area contributed by atoms with Gasteiger partial charge >= 0.3 is 0 Å². The van der Waals surface area contributed by atoms with Crippen LogP contribution in [0.2, 0.25) is 5.02 Å². The van der Waals surface area contributed by atoms with Crippen LogP contribution in [0, 0.1) is 0 Å². The summed E-state index contributed by atoms with van der Waals surface area (Å²) in [5.74, 6) is -0.0193. The van der Waals surface area contributed by atoms with Crippen LogP contribution in [0.5, 0.6) is 0 Å². The van der Waals surface area contributed by atoms with Crippen molar-refractivity contribution in [1.82, 2.24) is 9.78 Å². The maximum absolute atomic E-state index is 11.3. The molecule has 1 aromatic rings. The molecule has 0 aliphatic heterocycles. The number of hydrogen-bond donors (Lipinski definition) is 1. The number of carbonyl (C=O) groups excluding carboxylic acids is 1. The molecule has 84 valence electrons. The van der Waals surface area contributed by atoms with Gasteiger partial charge in [0.25, 0.3) is 0 Å². The van der Waals surface area contributed by atoms with E-state index in [2.05, 4.69) is 5.10 Å². The summed E-state index contributed by atoms with van der Waals surface area (Å²) in [5.41, 5.74) is 6.91. The molecule has 0 aliphatic carbocycles. The molecular weight excluding hydrogens is 214 g/mol. The molecule has 5 heteroatoms. The molecule has 1 heterocycles. The highest BCUT2D eigenvalue weighted by molar-refractivity contribution is 6.32. The highest BCUT2D eigenvalue weighted by atomic mass is 35.5. The van der Waals surface area contributed by atoms with Crippen LogP contribution in [0.25, 0.3) is 0 Å². The SMILES string of the molecule is CCc1nn(CC)c(CC(=O)CN)c1Cl. The van der Waals surface area contributed by atoms with Crippen LogP contribution in [0.1, 0.15) is 25.2 Å². The second kappa shape index (κ2) is 5.28. The molecule has 2 N–H and O–H groups in total. The van der Waals surface area contributed by atoms with Gasteiger partial charge in [-0.2, -0.15) is 5.10 Å². The monoisotopic (exact) mass is 229 g/mol. The lowest BCUT2D eigenvalue weighted by Gasteiger charge is -2.03. The fourth-order valence-corrected chi connectivity index (χ4v) is 1.78. The first-order valence-electron chi connectivity index (χ1n) is 5.09. The molecule has 0 spiro atoms. The zero-order chi connectivity index (χ0) is 11.4. The fourth-order valence-electron chi connectivity index (χ4n) is 1.45. The molecule has 0 radical (unpaired) electrons. The minimum Gasteiger partial charge on any atom is -0.324 e. The maximum atomic E-state index is 11.3. The number of hydrogen-bond acceptors (Lipinski definition) is 3. The Morgan fingerprint density at radius 1 is 1.53 bits per heavy atom. The van der Waals surface area contributed by atoms with Crippen molar-refractivity contribution >= 4 is 17.4 Å². The predicted octanol–water partition coefficient (Wildman–Crippen LogP) is 1.19. The normalized spacial score (nSPS) is 10.7. The molecule has 0 atom stereocenters. The van der Waals surface area contributed by atoms with E-state index in [1.54, 1.807) is 4.68 Å². The van der Waals surface area contributed by atoms with E-state index in [0.29, 0.717) is 11.6 Å². The van der Waals surface area contributed by atoms with Crippen molar-refractivity contribution in [3.63, 3.8) is 0 Å². The summed E-state index contributed by atoms with van der Waals surface area (Å²) in [5, 5.41) is 4.94. The second-order valence-corrected chi connectivity index (χ2v) is 3.67. The average molecular weight is 230 g/mol. The standard InChI is InChI=1S/C10H16ClN3O/c1-3-8-10(11)9(5-7(15)6-12)14(4-2)13-8/h3-6,12H2,1-2H3. The Balaban J connectivity index is 3.03. The molecule has 15 heavy (non-hydrogen) atoms. The van der Waals surface area contributed by atoms with Crippen molar-refractivity contribution in [2.24, 2.45) is 5.73 Å². The Kier molecular flexibility index (Phi) is 4.29. The molecule has 1 aromatic heterocycles. The molecule has 0 aliphatic rings. The highest BCUT2D eigenvalue weighted by Gasteiger charge is 2.16. The Bertz CT molecular complexity index is 360. The van der Waals surface area contributed by atoms with Crippen molar-refractivity contribution in [2.45, 2.75) is 33.2 Å². The van der Waals surface area contributed by atoms with Gasteiger partial charge < -0.3 is 5.73 Å². The molecule has 4 nitrogen and oxygen atoms in total. The number of nitrogens with zero attached hydrogens (tertiary/aromatic N) is 2. The third-order valence-electron chi connectivity index (χ3n) is 2.29. The van der Waals surface area contributed by atoms with E-state index in [4.69, 9.17) is 17.3 Å². The van der Waals surface area contributed by atoms with Crippen LogP contribution in [-0.2, 0) is 24.2 Å². The summed E-state index contributed by atoms with van der Waals surface area (Å²) in [6.45, 7) is 4.72. The van der Waals surface area contributed by atoms with Crippen LogP contribution in [0.4, 0.5) is 0 Å². The number of aromatic nitrogens is 2. The zero-order valence-corrected chi connectivity index (χ0v) is 9.84. The number of rotatable bonds is 5. The second-order valence-electron chi connectivity index (χ2n) is 3.30. The summed E-state index contributed by atoms with van der Waals surface area (Å²) in [6, 6.07) is 0. The highest BCUT2D eigenvalue weighted by Crippen LogP contribution is 2.22. The van der Waals surface area contributed by atoms with Gasteiger partial charge in [-0.3, -0.25) is 9.48 Å². The lowest BCUT2D eigenvalue weighted by Crippen LogP contribution is -2.18. The molecule has 1 rings (SSSR count). The van der Waals surface area contributed by atoms with Crippen LogP contribution in [0.15, 0.2) is 0 Å². The number of halogens is 1. The quantitative estimate of drug-likeness (QED) is 0.825. The molecule has 0 aromatic carbocycles. The first-order chi connectivity index (χ1) is 7.13. The van der Waals surface area contributed by atoms with E-state index in [-0.39, 0.29) is 18.7 Å². The average Bonchev–Trinajstić information content (AvgIpc) is 2.55. The summed E-state index contributed by atoms with van der Waals surface area (Å²) in [6.07, 6.45) is 1.05. The molecule has 0 fully saturated rings. The van der Waals surface area contributed by atoms with Gasteiger partial charge in [0.15, 0.2) is 5.78 Å². The van der Waals surface area contributed by atoms with Gasteiger partial charge in [0.1, 0.15) is 0 Å². The summed E-state index contributed by atoms with van der Waals surface area (Å²) in [7, 11) is 0. The maximum Gasteiger partial charge on any atom is 0.152 e. The molecule has 0 bridgehead atoms. The molecule has 0 unspecified atom stereocenters. The molecule has 0 saturated carbocycles. The van der Waals surface area contributed by atoms with Gasteiger partial charge in [0.05, 0.1) is 29.4 Å². The fraction of sp³-hybridized carbons (Fsp3) is 0.600. The number of nitrogens with two attached hydrogens (primary N) is 1. The minimum absolute atomic E-state index is 0.0193. The van der Waals surface area contributed by atoms with Crippen LogP contribution >= 0.6 is 11.6 Å². The Morgan fingerprint density at radius 2 is 2.20 bits per heavy atom. The Labute approximate surface area is 94.4 Å². The summed E-state index contributed by atoms with van der Waals surface area (Å²) in [4.78, 5) is 11.3. The first kappa shape index (κ1) is 12.2. The van der Waals surface area contributed by atoms with Gasteiger partial charge in [0.2, 0.25) is 0 Å². The predicted molar refractivity (Wildman–Crippen MR) is 60.1 cm³/mol. The zero-order valence-electron chi connectivity index (χ0n) is 9.09. The Hall–Kier alpha value is -0.870. The number of aryl methyl sites for hydroxylation is 2. The van der Waals surface area contributed by atoms with Gasteiger partial charge in [-0.25, -0.2) is 0 Å². The third-order valence-corrected chi connectivity index (χ3v) is 2.72. The van der Waals surface area contributed by atoms with Gasteiger partial charge in [-0.15, -0.1) is 0 Å². The van der Waals surface area contributed by atoms with E-state index >= 15 is 0 Å². The molecular formula is C10H16ClN3O. The van der Waals surface area contributed by atoms with Crippen molar-refractivity contribution < 1.29 is 4.79 Å². The lowest BCUT2D eigenvalue weighted by molar-refractivity contribution is -0.117. The van der Waals surface area contributed by atoms with E-state index in [0.717, 1.165) is 17.8 Å². The van der Waals surface area contributed by atoms with Crippen LogP contribution in [-0.4, -0.2) is 22.1 Å². The third kappa shape index (κ3) is 2.58. The number of carbonyl (C=O) groups is 1. The topological polar surface area (TPSA) is 60.9 Å². The number of ketones is 1. The first-order valence-corrected chi connectivity index (χ1v) is 5.47. The number of Topliss-reactive ketones (excluding diaryl/α,β-unsaturated/α-hetero) is 1. The molecule has 0 saturated heterocycles. The van der Waals surface area contributed by atoms with Gasteiger partial charge in [-0.1, -0.05) is 18.5 Å². The lowest BCUT2D eigenvalue weighted by atomic mass is 10.2. The van der Waals surface area contributed by atoms with Crippen molar-refractivity contribution in [3.05, 3.63) is 16.4 Å². The van der Waals surface area contributed by atoms with E-state index in [1.165, 1.54) is 0 Å². The van der Waals surface area contributed by atoms with Crippen LogP contribution < -0.4 is 5.73 Å². The Morgan fingerprint density at radius 3 is 2.67 bits per heavy atom. The van der Waals surface area contributed by atoms with Gasteiger partial charge in [0, 0.05) is 6.54 Å². The summed E-state index contributed by atoms with van der Waals surface area (Å²) >= 11 is 6.13. The van der Waals surface area contributed by atoms with Crippen molar-refractivity contribution in [3.8, 4) is 0 Å². The van der Waals surface area contributed by atoms with E-state index in [1.807, 2.05) is 13.8 Å². The summed E-state index contributed by atoms with van der Waals surface area (Å²) < 4.78 is 1.77. The van der Waals surface area contributed by atoms with E-state index in [9.17, 15) is 4.79 Å². The largest absolute Gasteiger partial charge is 0.324 e. The molecule has 0 amide bonds. The van der Waals surface area contributed by atoms with E-state index < -0.39 is 0 Å². The minimum atomic E-state index is -0.0193. The smallest absolute Gasteiger partial charge is 0.152 e. The van der Waals surface area contributed by atoms with Gasteiger partial charge in [-0.05, 0) is 13.3 Å².